The number of amides is 1. The standard InChI is InChI=1S/C31H31F4N5O4/c1-19-5-4-8-24(32)26(19)38-14-10-21(18-38)40-25-9-13-36-28(44-22-11-15-37(16-12-22)30(42)43)27(25)39(29(40)41)17-20-6-2-3-7-23(20)31(33,34)35/h2-9,13,21-22H,10-12,14-18H2,1H3,(H,42,43)/t21-/m1/s1. The molecule has 0 radical (unpaired) electrons. The van der Waals surface area contributed by atoms with Gasteiger partial charge in [0, 0.05) is 45.2 Å². The molecule has 2 aliphatic heterocycles. The zero-order valence-corrected chi connectivity index (χ0v) is 23.9. The van der Waals surface area contributed by atoms with E-state index in [1.807, 2.05) is 17.9 Å². The summed E-state index contributed by atoms with van der Waals surface area (Å²) in [6.45, 7) is 2.77. The Kier molecular flexibility index (Phi) is 7.72. The second-order valence-electron chi connectivity index (χ2n) is 11.3. The minimum atomic E-state index is -4.63. The van der Waals surface area contributed by atoms with Crippen molar-refractivity contribution < 1.29 is 32.2 Å². The molecule has 0 bridgehead atoms. The van der Waals surface area contributed by atoms with Gasteiger partial charge in [0.25, 0.3) is 0 Å². The summed E-state index contributed by atoms with van der Waals surface area (Å²) in [4.78, 5) is 33.1. The SMILES string of the molecule is Cc1cccc(F)c1N1CC[C@@H](n2c(=O)n(Cc3ccccc3C(F)(F)F)c3c(OC4CCN(C(=O)O)CC4)nccc32)C1. The molecule has 0 unspecified atom stereocenters. The van der Waals surface area contributed by atoms with Gasteiger partial charge in [-0.15, -0.1) is 0 Å². The van der Waals surface area contributed by atoms with Crippen molar-refractivity contribution in [2.24, 2.45) is 0 Å². The summed E-state index contributed by atoms with van der Waals surface area (Å²) in [5.41, 5.74) is 0.484. The molecule has 2 saturated heterocycles. The van der Waals surface area contributed by atoms with Crippen LogP contribution >= 0.6 is 0 Å². The number of para-hydroxylation sites is 1. The van der Waals surface area contributed by atoms with Crippen molar-refractivity contribution in [2.45, 2.75) is 51.1 Å². The Bertz CT molecular complexity index is 1740. The number of piperidine rings is 1. The average molecular weight is 614 g/mol. The molecule has 2 fully saturated rings. The molecule has 0 spiro atoms. The molecule has 4 aromatic rings. The topological polar surface area (TPSA) is 92.8 Å². The first-order valence-electron chi connectivity index (χ1n) is 14.4. The molecule has 232 valence electrons. The molecule has 0 saturated carbocycles. The van der Waals surface area contributed by atoms with Gasteiger partial charge in [-0.05, 0) is 42.7 Å². The van der Waals surface area contributed by atoms with Crippen LogP contribution in [0.25, 0.3) is 11.0 Å². The number of hydrogen-bond acceptors (Lipinski definition) is 5. The fraction of sp³-hybridized carbons (Fsp3) is 0.387. The number of aryl methyl sites for hydroxylation is 1. The van der Waals surface area contributed by atoms with Gasteiger partial charge in [-0.25, -0.2) is 19.0 Å². The molecule has 6 rings (SSSR count). The van der Waals surface area contributed by atoms with Crippen molar-refractivity contribution in [1.29, 1.82) is 0 Å². The lowest BCUT2D eigenvalue weighted by Crippen LogP contribution is -2.41. The van der Waals surface area contributed by atoms with Gasteiger partial charge >= 0.3 is 18.0 Å². The van der Waals surface area contributed by atoms with E-state index in [0.717, 1.165) is 11.6 Å². The smallest absolute Gasteiger partial charge is 0.416 e. The first-order chi connectivity index (χ1) is 21.0. The molecule has 0 aliphatic carbocycles. The Labute approximate surface area is 249 Å². The van der Waals surface area contributed by atoms with Crippen LogP contribution in [0.2, 0.25) is 0 Å². The normalized spacial score (nSPS) is 17.9. The Morgan fingerprint density at radius 1 is 1.05 bits per heavy atom. The lowest BCUT2D eigenvalue weighted by Gasteiger charge is -2.30. The second kappa shape index (κ2) is 11.5. The van der Waals surface area contributed by atoms with Gasteiger partial charge in [-0.3, -0.25) is 9.13 Å². The highest BCUT2D eigenvalue weighted by atomic mass is 19.4. The van der Waals surface area contributed by atoms with Gasteiger partial charge in [0.2, 0.25) is 5.88 Å². The highest BCUT2D eigenvalue weighted by molar-refractivity contribution is 5.81. The largest absolute Gasteiger partial charge is 0.473 e. The summed E-state index contributed by atoms with van der Waals surface area (Å²) >= 11 is 0. The molecule has 2 aromatic heterocycles. The number of anilines is 1. The van der Waals surface area contributed by atoms with Crippen molar-refractivity contribution in [3.05, 3.63) is 87.7 Å². The van der Waals surface area contributed by atoms with E-state index >= 15 is 0 Å². The number of fused-ring (bicyclic) bond motifs is 1. The van der Waals surface area contributed by atoms with Gasteiger partial charge in [-0.1, -0.05) is 30.3 Å². The molecule has 1 amide bonds. The number of aromatic nitrogens is 3. The summed E-state index contributed by atoms with van der Waals surface area (Å²) < 4.78 is 65.7. The minimum absolute atomic E-state index is 0.0826. The van der Waals surface area contributed by atoms with Gasteiger partial charge in [0.05, 0.1) is 29.4 Å². The first kappa shape index (κ1) is 29.5. The molecule has 1 atom stereocenters. The molecule has 44 heavy (non-hydrogen) atoms. The quantitative estimate of drug-likeness (QED) is 0.281. The molecular formula is C31H31F4N5O4. The van der Waals surface area contributed by atoms with Crippen molar-refractivity contribution in [2.75, 3.05) is 31.1 Å². The number of carbonyl (C=O) groups is 1. The summed E-state index contributed by atoms with van der Waals surface area (Å²) in [6.07, 6.45) is -3.26. The van der Waals surface area contributed by atoms with E-state index in [0.29, 0.717) is 43.6 Å². The first-order valence-corrected chi connectivity index (χ1v) is 14.4. The molecule has 13 heteroatoms. The highest BCUT2D eigenvalue weighted by Gasteiger charge is 2.35. The van der Waals surface area contributed by atoms with Crippen LogP contribution in [0.5, 0.6) is 5.88 Å². The fourth-order valence-corrected chi connectivity index (χ4v) is 6.40. The Morgan fingerprint density at radius 2 is 1.80 bits per heavy atom. The molecule has 2 aromatic carbocycles. The van der Waals surface area contributed by atoms with Crippen molar-refractivity contribution in [3.8, 4) is 5.88 Å². The maximum Gasteiger partial charge on any atom is 0.416 e. The zero-order valence-electron chi connectivity index (χ0n) is 23.9. The van der Waals surface area contributed by atoms with Crippen LogP contribution in [0.4, 0.5) is 28.0 Å². The van der Waals surface area contributed by atoms with E-state index in [9.17, 15) is 32.3 Å². The van der Waals surface area contributed by atoms with E-state index in [1.54, 1.807) is 16.7 Å². The Balaban J connectivity index is 1.42. The molecule has 2 aliphatic rings. The summed E-state index contributed by atoms with van der Waals surface area (Å²) in [5, 5.41) is 9.30. The number of nitrogens with zero attached hydrogens (tertiary/aromatic N) is 5. The molecule has 4 heterocycles. The predicted octanol–water partition coefficient (Wildman–Crippen LogP) is 5.69. The van der Waals surface area contributed by atoms with E-state index in [2.05, 4.69) is 4.98 Å². The summed E-state index contributed by atoms with van der Waals surface area (Å²) in [6, 6.07) is 11.2. The zero-order chi connectivity index (χ0) is 31.2. The lowest BCUT2D eigenvalue weighted by atomic mass is 10.1. The number of pyridine rings is 1. The number of hydrogen-bond donors (Lipinski definition) is 1. The number of benzene rings is 2. The van der Waals surface area contributed by atoms with Crippen LogP contribution in [-0.4, -0.2) is 62.5 Å². The van der Waals surface area contributed by atoms with Crippen LogP contribution < -0.4 is 15.3 Å². The van der Waals surface area contributed by atoms with Crippen molar-refractivity contribution in [3.63, 3.8) is 0 Å². The van der Waals surface area contributed by atoms with E-state index in [-0.39, 0.29) is 42.4 Å². The third kappa shape index (κ3) is 5.46. The maximum absolute atomic E-state index is 14.8. The molecular weight excluding hydrogens is 582 g/mol. The van der Waals surface area contributed by atoms with Crippen LogP contribution in [0, 0.1) is 12.7 Å². The maximum atomic E-state index is 14.8. The monoisotopic (exact) mass is 613 g/mol. The predicted molar refractivity (Wildman–Crippen MR) is 155 cm³/mol. The number of likely N-dealkylation sites (tertiary alicyclic amines) is 1. The highest BCUT2D eigenvalue weighted by Crippen LogP contribution is 2.36. The Hall–Kier alpha value is -4.55. The number of rotatable bonds is 6. The van der Waals surface area contributed by atoms with Crippen LogP contribution in [0.1, 0.15) is 42.0 Å². The number of imidazole rings is 1. The van der Waals surface area contributed by atoms with Crippen molar-refractivity contribution >= 4 is 22.8 Å². The van der Waals surface area contributed by atoms with E-state index in [1.165, 1.54) is 39.9 Å². The second-order valence-corrected chi connectivity index (χ2v) is 11.3. The van der Waals surface area contributed by atoms with Crippen LogP contribution in [0.15, 0.2) is 59.5 Å². The number of carboxylic acid groups (broad SMARTS) is 1. The van der Waals surface area contributed by atoms with E-state index in [4.69, 9.17) is 4.74 Å². The van der Waals surface area contributed by atoms with Gasteiger partial charge in [0.1, 0.15) is 17.4 Å². The third-order valence-electron chi connectivity index (χ3n) is 8.51. The van der Waals surface area contributed by atoms with E-state index < -0.39 is 35.7 Å². The number of halogens is 4. The average Bonchev–Trinajstić information content (AvgIpc) is 3.56. The van der Waals surface area contributed by atoms with Gasteiger partial charge in [-0.2, -0.15) is 13.2 Å². The minimum Gasteiger partial charge on any atom is -0.473 e. The molecule has 1 N–H and O–H groups in total. The lowest BCUT2D eigenvalue weighted by molar-refractivity contribution is -0.138. The Morgan fingerprint density at radius 3 is 2.50 bits per heavy atom. The fourth-order valence-electron chi connectivity index (χ4n) is 6.40. The van der Waals surface area contributed by atoms with Gasteiger partial charge in [0.15, 0.2) is 0 Å². The summed E-state index contributed by atoms with van der Waals surface area (Å²) in [5.74, 6) is -0.269. The van der Waals surface area contributed by atoms with Crippen LogP contribution in [-0.2, 0) is 12.7 Å². The van der Waals surface area contributed by atoms with Gasteiger partial charge < -0.3 is 19.6 Å². The number of alkyl halides is 3. The summed E-state index contributed by atoms with van der Waals surface area (Å²) in [7, 11) is 0. The van der Waals surface area contributed by atoms with Crippen LogP contribution in [0.3, 0.4) is 0 Å². The molecule has 9 nitrogen and oxygen atoms in total. The van der Waals surface area contributed by atoms with Crippen molar-refractivity contribution in [1.82, 2.24) is 19.0 Å². The number of ether oxygens (including phenoxy) is 1. The third-order valence-corrected chi connectivity index (χ3v) is 8.51.